The van der Waals surface area contributed by atoms with Crippen molar-refractivity contribution >= 4 is 120 Å². The average Bonchev–Trinajstić information content (AvgIpc) is 1.65. The lowest BCUT2D eigenvalue weighted by atomic mass is 9.91. The van der Waals surface area contributed by atoms with Crippen molar-refractivity contribution in [2.24, 2.45) is 43.6 Å². The molecular weight excluding hydrogens is 1860 g/mol. The lowest BCUT2D eigenvalue weighted by Crippen LogP contribution is -2.46. The Balaban J connectivity index is 0.000000162. The Kier molecular flexibility index (Phi) is 42.2. The van der Waals surface area contributed by atoms with E-state index in [2.05, 4.69) is 68.4 Å². The van der Waals surface area contributed by atoms with E-state index in [9.17, 15) is 67.8 Å². The van der Waals surface area contributed by atoms with Crippen LogP contribution in [0.25, 0.3) is 0 Å². The van der Waals surface area contributed by atoms with Crippen molar-refractivity contribution in [3.05, 3.63) is 239 Å². The van der Waals surface area contributed by atoms with Crippen molar-refractivity contribution in [1.29, 1.82) is 0 Å². The molecule has 8 aliphatic rings. The van der Waals surface area contributed by atoms with Crippen LogP contribution in [0, 0.1) is 23.7 Å². The van der Waals surface area contributed by atoms with E-state index < -0.39 is 87.6 Å². The van der Waals surface area contributed by atoms with Gasteiger partial charge in [0.2, 0.25) is 0 Å². The normalized spacial score (nSPS) is 17.6. The number of carbonyl (C=O) groups excluding carboxylic acids is 5. The number of nitrogens with one attached hydrogen (secondary N) is 8. The quantitative estimate of drug-likeness (QED) is 0.0124. The van der Waals surface area contributed by atoms with Gasteiger partial charge in [0, 0.05) is 53.1 Å². The van der Waals surface area contributed by atoms with Crippen LogP contribution in [-0.4, -0.2) is 214 Å². The first-order chi connectivity index (χ1) is 70.4. The second-order valence-corrected chi connectivity index (χ2v) is 39.6. The molecule has 8 aromatic rings. The molecule has 770 valence electrons. The van der Waals surface area contributed by atoms with Gasteiger partial charge in [0.1, 0.15) is 75.8 Å². The second-order valence-electron chi connectivity index (χ2n) is 38.5. The number of unbranched alkanes of at least 4 members (excludes halogenated alkanes) is 4. The van der Waals surface area contributed by atoms with E-state index in [1.165, 1.54) is 96.8 Å². The number of amides is 4. The molecule has 7 unspecified atom stereocenters. The minimum absolute atomic E-state index is 0.0313. The van der Waals surface area contributed by atoms with Crippen LogP contribution < -0.4 is 61.5 Å². The Labute approximate surface area is 851 Å². The molecule has 0 aliphatic carbocycles. The maximum Gasteiger partial charge on any atom is 0.326 e. The SMILES string of the molecule is C=S(=O)=C1C(C(=O)NC(Cc2ccc(OCCCCC3CCNCC3)cc2)C(=O)O)=Nc2ccccc21.CC(=O)C1C(C(=O)NC(Cc2ccc(OCCCCC3CCNCC3)cc2)C(=O)O)=Nc2ccccc21.CC1C(C(=O)NC(Cc2ccc(OCCCCC3CCNCC3)cc2)C(=O)O)=Nc2ccccc21.CCC1C(C(=O)NC(Cc2ccc(OCCCCC3CCNCC3)cc2)C(=O)O)=Nc2ccccc21. The molecule has 4 fully saturated rings. The van der Waals surface area contributed by atoms with Crippen molar-refractivity contribution < 1.29 is 86.7 Å². The van der Waals surface area contributed by atoms with E-state index in [1.54, 1.807) is 60.7 Å². The topological polar surface area (TPSA) is 434 Å². The predicted molar refractivity (Wildman–Crippen MR) is 567 cm³/mol. The summed E-state index contributed by atoms with van der Waals surface area (Å²) >= 11 is 0. The summed E-state index contributed by atoms with van der Waals surface area (Å²) in [7, 11) is -1.71. The van der Waals surface area contributed by atoms with E-state index in [-0.39, 0.29) is 59.6 Å². The molecule has 30 nitrogen and oxygen atoms in total. The summed E-state index contributed by atoms with van der Waals surface area (Å²) in [5.74, 6) is 1.95. The molecule has 7 atom stereocenters. The zero-order valence-electron chi connectivity index (χ0n) is 83.4. The number of piperidine rings is 4. The first-order valence-electron chi connectivity index (χ1n) is 51.5. The molecule has 4 saturated heterocycles. The molecule has 0 saturated carbocycles. The molecule has 8 aromatic carbocycles. The first kappa shape index (κ1) is 109. The van der Waals surface area contributed by atoms with E-state index in [4.69, 9.17) is 18.9 Å². The summed E-state index contributed by atoms with van der Waals surface area (Å²) in [4.78, 5) is 129. The van der Waals surface area contributed by atoms with Crippen LogP contribution in [0.3, 0.4) is 0 Å². The summed E-state index contributed by atoms with van der Waals surface area (Å²) in [5.41, 5.74) is 9.67. The maximum atomic E-state index is 13.0. The molecule has 0 radical (unpaired) electrons. The van der Waals surface area contributed by atoms with Gasteiger partial charge < -0.3 is 81.9 Å². The third kappa shape index (κ3) is 32.8. The molecule has 12 N–H and O–H groups in total. The smallest absolute Gasteiger partial charge is 0.326 e. The Morgan fingerprint density at radius 2 is 0.655 bits per heavy atom. The van der Waals surface area contributed by atoms with Crippen LogP contribution in [0.1, 0.15) is 218 Å². The number of carboxylic acids is 4. The van der Waals surface area contributed by atoms with Gasteiger partial charge in [-0.3, -0.25) is 24.0 Å². The number of Topliss-reactive ketones (excluding diaryl/α,β-unsaturated/α-hetero) is 1. The maximum absolute atomic E-state index is 13.0. The van der Waals surface area contributed by atoms with E-state index in [1.807, 2.05) is 147 Å². The Morgan fingerprint density at radius 1 is 0.366 bits per heavy atom. The van der Waals surface area contributed by atoms with Crippen LogP contribution in [0.5, 0.6) is 23.0 Å². The van der Waals surface area contributed by atoms with Gasteiger partial charge in [0.15, 0.2) is 0 Å². The summed E-state index contributed by atoms with van der Waals surface area (Å²) < 4.78 is 35.7. The van der Waals surface area contributed by atoms with Crippen molar-refractivity contribution in [3.8, 4) is 23.0 Å². The van der Waals surface area contributed by atoms with Gasteiger partial charge in [-0.15, -0.1) is 0 Å². The fraction of sp³-hybridized carbons (Fsp3) is 0.447. The number of carboxylic acid groups (broad SMARTS) is 4. The van der Waals surface area contributed by atoms with Crippen molar-refractivity contribution in [2.75, 3.05) is 78.8 Å². The zero-order chi connectivity index (χ0) is 102. The number of nitrogens with zero attached hydrogens (tertiary/aromatic N) is 4. The highest BCUT2D eigenvalue weighted by molar-refractivity contribution is 7.85. The monoisotopic (exact) mass is 2000 g/mol. The van der Waals surface area contributed by atoms with Crippen molar-refractivity contribution in [1.82, 2.24) is 42.5 Å². The van der Waals surface area contributed by atoms with Crippen molar-refractivity contribution in [2.45, 2.75) is 223 Å². The minimum atomic E-state index is -1.71. The third-order valence-electron chi connectivity index (χ3n) is 28.1. The first-order valence-corrected chi connectivity index (χ1v) is 52.9. The van der Waals surface area contributed by atoms with Crippen LogP contribution in [0.15, 0.2) is 214 Å². The fourth-order valence-electron chi connectivity index (χ4n) is 19.8. The summed E-state index contributed by atoms with van der Waals surface area (Å²) in [6.07, 6.45) is 25.2. The van der Waals surface area contributed by atoms with E-state index in [0.717, 1.165) is 189 Å². The highest BCUT2D eigenvalue weighted by Crippen LogP contribution is 2.40. The summed E-state index contributed by atoms with van der Waals surface area (Å²) in [6, 6.07) is 54.3. The average molecular weight is 2000 g/mol. The minimum Gasteiger partial charge on any atom is -0.494 e. The standard InChI is InChI=1S/C29H35N3O5.C29H37N3O4.C28H33N3O5S.C28H35N3O4/c1-19(33)26-23-7-2-3-8-24(23)31-27(26)28(34)32-25(29(35)36)18-21-9-11-22(12-10-21)37-17-5-4-6-20-13-15-30-16-14-20;1-2-23-24-8-3-4-9-25(24)31-27(23)28(33)32-26(29(34)35)19-21-10-12-22(13-11-21)36-18-6-5-7-20-14-16-30-17-15-20;1-37(35)26-22-7-2-3-8-23(22)30-25(26)27(32)31-24(28(33)34)18-20-9-11-21(12-10-20)36-17-5-4-6-19-13-15-29-16-14-19;1-19-23-7-2-3-8-24(23)30-26(19)27(32)31-25(28(33)34)18-21-9-11-22(12-10-21)35-17-5-4-6-20-13-15-29-16-14-20/h2-3,7-12,20,25-26,30H,4-6,13-18H2,1H3,(H,32,34)(H,35,36);3-4,8-13,20,23,26,30H,2,5-7,14-19H2,1H3,(H,32,33)(H,34,35);2-3,7-12,19,24,29H,1,4-6,13-18H2,(H,31,32)(H,33,34);2-3,7-12,19-20,25,29H,4-6,13-18H2,1H3,(H,31,32)(H,33,34). The molecule has 0 aromatic heterocycles. The fourth-order valence-corrected chi connectivity index (χ4v) is 20.6. The number of hydrogen-bond donors (Lipinski definition) is 12. The number of aliphatic carboxylic acids is 4. The van der Waals surface area contributed by atoms with Gasteiger partial charge in [0.25, 0.3) is 23.6 Å². The third-order valence-corrected chi connectivity index (χ3v) is 28.9. The molecule has 0 bridgehead atoms. The molecule has 0 spiro atoms. The lowest BCUT2D eigenvalue weighted by molar-refractivity contribution is -0.141. The molecule has 145 heavy (non-hydrogen) atoms. The summed E-state index contributed by atoms with van der Waals surface area (Å²) in [6.45, 7) is 17.0. The largest absolute Gasteiger partial charge is 0.494 e. The summed E-state index contributed by atoms with van der Waals surface area (Å²) in [5, 5.41) is 63.0. The molecule has 8 heterocycles. The number of benzene rings is 8. The predicted octanol–water partition coefficient (Wildman–Crippen LogP) is 15.5. The van der Waals surface area contributed by atoms with Gasteiger partial charge in [-0.2, -0.15) is 0 Å². The number of aliphatic imine (C=N–C) groups is 4. The number of ether oxygens (including phenoxy) is 4. The van der Waals surface area contributed by atoms with Gasteiger partial charge in [0.05, 0.1) is 60.0 Å². The van der Waals surface area contributed by atoms with Gasteiger partial charge in [-0.25, -0.2) is 43.4 Å². The Hall–Kier alpha value is -13.3. The number of hydrogen-bond acceptors (Lipinski definition) is 22. The second kappa shape index (κ2) is 56.2. The van der Waals surface area contributed by atoms with Crippen molar-refractivity contribution in [3.63, 3.8) is 0 Å². The van der Waals surface area contributed by atoms with Crippen LogP contribution >= 0.6 is 0 Å². The molecule has 16 rings (SSSR count). The van der Waals surface area contributed by atoms with Crippen LogP contribution in [0.4, 0.5) is 22.7 Å². The zero-order valence-corrected chi connectivity index (χ0v) is 84.2. The van der Waals surface area contributed by atoms with Crippen LogP contribution in [0.2, 0.25) is 0 Å². The molecule has 4 amide bonds. The highest BCUT2D eigenvalue weighted by atomic mass is 32.1. The number of carbonyl (C=O) groups is 9. The molecule has 8 aliphatic heterocycles. The molecule has 31 heteroatoms. The van der Waals surface area contributed by atoms with Gasteiger partial charge in [-0.1, -0.05) is 161 Å². The van der Waals surface area contributed by atoms with Gasteiger partial charge in [-0.05, 0) is 310 Å². The number of ketones is 1. The van der Waals surface area contributed by atoms with E-state index in [0.29, 0.717) is 60.4 Å². The Morgan fingerprint density at radius 3 is 0.993 bits per heavy atom. The number of fused-ring (bicyclic) bond motifs is 4. The van der Waals surface area contributed by atoms with E-state index >= 15 is 0 Å². The van der Waals surface area contributed by atoms with Crippen LogP contribution in [-0.2, 0) is 78.8 Å². The number of para-hydroxylation sites is 4. The lowest BCUT2D eigenvalue weighted by Gasteiger charge is -2.22. The highest BCUT2D eigenvalue weighted by Gasteiger charge is 2.39. The van der Waals surface area contributed by atoms with Gasteiger partial charge >= 0.3 is 23.9 Å². The molecular formula is C114H140N12O18S. The Bertz CT molecular complexity index is 5980. The number of rotatable bonds is 46.